The van der Waals surface area contributed by atoms with Gasteiger partial charge in [-0.25, -0.2) is 0 Å². The third-order valence-corrected chi connectivity index (χ3v) is 4.40. The van der Waals surface area contributed by atoms with Crippen molar-refractivity contribution in [1.29, 1.82) is 0 Å². The fraction of sp³-hybridized carbons (Fsp3) is 0.130. The predicted molar refractivity (Wildman–Crippen MR) is 110 cm³/mol. The molecular formula is C23H22N2O3. The molecule has 0 saturated heterocycles. The smallest absolute Gasteiger partial charge is 0.259 e. The zero-order chi connectivity index (χ0) is 19.9. The van der Waals surface area contributed by atoms with Crippen LogP contribution in [-0.2, 0) is 0 Å². The largest absolute Gasteiger partial charge is 0.496 e. The number of para-hydroxylation sites is 1. The van der Waals surface area contributed by atoms with Gasteiger partial charge in [-0.15, -0.1) is 0 Å². The summed E-state index contributed by atoms with van der Waals surface area (Å²) in [4.78, 5) is 24.9. The number of anilines is 1. The zero-order valence-corrected chi connectivity index (χ0v) is 15.8. The highest BCUT2D eigenvalue weighted by Crippen LogP contribution is 2.20. The van der Waals surface area contributed by atoms with Crippen LogP contribution in [0.5, 0.6) is 5.75 Å². The van der Waals surface area contributed by atoms with Crippen molar-refractivity contribution >= 4 is 17.5 Å². The molecule has 1 atom stereocenters. The van der Waals surface area contributed by atoms with Gasteiger partial charge in [0.05, 0.1) is 18.7 Å². The summed E-state index contributed by atoms with van der Waals surface area (Å²) in [6.45, 7) is 1.94. The van der Waals surface area contributed by atoms with Crippen molar-refractivity contribution in [2.45, 2.75) is 13.0 Å². The van der Waals surface area contributed by atoms with Crippen molar-refractivity contribution < 1.29 is 14.3 Å². The van der Waals surface area contributed by atoms with Gasteiger partial charge < -0.3 is 15.4 Å². The van der Waals surface area contributed by atoms with Crippen molar-refractivity contribution in [2.75, 3.05) is 12.4 Å². The zero-order valence-electron chi connectivity index (χ0n) is 15.8. The molecule has 1 unspecified atom stereocenters. The molecule has 5 heteroatoms. The van der Waals surface area contributed by atoms with Crippen LogP contribution < -0.4 is 15.4 Å². The minimum Gasteiger partial charge on any atom is -0.496 e. The second-order valence-corrected chi connectivity index (χ2v) is 6.34. The van der Waals surface area contributed by atoms with E-state index in [9.17, 15) is 9.59 Å². The van der Waals surface area contributed by atoms with Crippen molar-refractivity contribution in [3.63, 3.8) is 0 Å². The first-order chi connectivity index (χ1) is 13.6. The normalized spacial score (nSPS) is 11.4. The molecule has 0 fully saturated rings. The Morgan fingerprint density at radius 1 is 0.821 bits per heavy atom. The number of rotatable bonds is 6. The van der Waals surface area contributed by atoms with Gasteiger partial charge in [0.15, 0.2) is 0 Å². The maximum atomic E-state index is 12.5. The lowest BCUT2D eigenvalue weighted by Crippen LogP contribution is -2.26. The highest BCUT2D eigenvalue weighted by molar-refractivity contribution is 6.06. The molecule has 0 radical (unpaired) electrons. The van der Waals surface area contributed by atoms with Crippen molar-refractivity contribution in [3.8, 4) is 5.75 Å². The second kappa shape index (κ2) is 8.86. The highest BCUT2D eigenvalue weighted by atomic mass is 16.5. The van der Waals surface area contributed by atoms with E-state index in [1.165, 1.54) is 7.11 Å². The molecule has 3 aromatic rings. The van der Waals surface area contributed by atoms with Gasteiger partial charge in [0, 0.05) is 11.3 Å². The SMILES string of the molecule is COc1ccccc1C(=O)Nc1ccc(C(=O)NC(C)c2ccccc2)cc1. The van der Waals surface area contributed by atoms with E-state index >= 15 is 0 Å². The molecule has 142 valence electrons. The molecule has 3 aromatic carbocycles. The number of amides is 2. The Hall–Kier alpha value is -3.60. The van der Waals surface area contributed by atoms with E-state index in [0.29, 0.717) is 22.6 Å². The Bertz CT molecular complexity index is 953. The van der Waals surface area contributed by atoms with Crippen LogP contribution in [0.3, 0.4) is 0 Å². The maximum Gasteiger partial charge on any atom is 0.259 e. The topological polar surface area (TPSA) is 67.4 Å². The van der Waals surface area contributed by atoms with Gasteiger partial charge in [-0.3, -0.25) is 9.59 Å². The van der Waals surface area contributed by atoms with Crippen molar-refractivity contribution in [1.82, 2.24) is 5.32 Å². The van der Waals surface area contributed by atoms with E-state index in [1.54, 1.807) is 48.5 Å². The Kier molecular flexibility index (Phi) is 6.07. The Morgan fingerprint density at radius 3 is 2.14 bits per heavy atom. The molecule has 0 heterocycles. The minimum absolute atomic E-state index is 0.0985. The van der Waals surface area contributed by atoms with E-state index < -0.39 is 0 Å². The van der Waals surface area contributed by atoms with Crippen molar-refractivity contribution in [2.24, 2.45) is 0 Å². The molecule has 0 aliphatic carbocycles. The number of hydrogen-bond acceptors (Lipinski definition) is 3. The van der Waals surface area contributed by atoms with E-state index in [0.717, 1.165) is 5.56 Å². The predicted octanol–water partition coefficient (Wildman–Crippen LogP) is 4.44. The molecule has 0 bridgehead atoms. The maximum absolute atomic E-state index is 12.5. The van der Waals surface area contributed by atoms with Crippen LogP contribution in [0.4, 0.5) is 5.69 Å². The van der Waals surface area contributed by atoms with E-state index in [1.807, 2.05) is 37.3 Å². The molecule has 0 aliphatic rings. The number of methoxy groups -OCH3 is 1. The number of carbonyl (C=O) groups excluding carboxylic acids is 2. The van der Waals surface area contributed by atoms with Crippen LogP contribution in [0.2, 0.25) is 0 Å². The highest BCUT2D eigenvalue weighted by Gasteiger charge is 2.13. The Balaban J connectivity index is 1.64. The summed E-state index contributed by atoms with van der Waals surface area (Å²) in [7, 11) is 1.52. The third-order valence-electron chi connectivity index (χ3n) is 4.40. The summed E-state index contributed by atoms with van der Waals surface area (Å²) >= 11 is 0. The summed E-state index contributed by atoms with van der Waals surface area (Å²) in [5.74, 6) is 0.0669. The van der Waals surface area contributed by atoms with E-state index in [2.05, 4.69) is 10.6 Å². The van der Waals surface area contributed by atoms with Gasteiger partial charge in [0.25, 0.3) is 11.8 Å². The summed E-state index contributed by atoms with van der Waals surface area (Å²) in [6, 6.07) is 23.5. The van der Waals surface area contributed by atoms with Gasteiger partial charge in [-0.05, 0) is 48.9 Å². The van der Waals surface area contributed by atoms with Gasteiger partial charge in [-0.1, -0.05) is 42.5 Å². The number of benzene rings is 3. The standard InChI is InChI=1S/C23H22N2O3/c1-16(17-8-4-3-5-9-17)24-22(26)18-12-14-19(15-13-18)25-23(27)20-10-6-7-11-21(20)28-2/h3-16H,1-2H3,(H,24,26)(H,25,27). The summed E-state index contributed by atoms with van der Waals surface area (Å²) in [5.41, 5.74) is 2.61. The minimum atomic E-state index is -0.271. The molecule has 0 aliphatic heterocycles. The lowest BCUT2D eigenvalue weighted by molar-refractivity contribution is 0.0939. The summed E-state index contributed by atoms with van der Waals surface area (Å²) < 4.78 is 5.21. The molecule has 2 amide bonds. The number of nitrogens with one attached hydrogen (secondary N) is 2. The quantitative estimate of drug-likeness (QED) is 0.670. The van der Waals surface area contributed by atoms with Crippen LogP contribution in [0, 0.1) is 0 Å². The molecule has 0 saturated carbocycles. The number of ether oxygens (including phenoxy) is 1. The van der Waals surface area contributed by atoms with Crippen LogP contribution in [0.25, 0.3) is 0 Å². The van der Waals surface area contributed by atoms with Crippen LogP contribution in [0.15, 0.2) is 78.9 Å². The lowest BCUT2D eigenvalue weighted by Gasteiger charge is -2.14. The molecule has 2 N–H and O–H groups in total. The molecule has 28 heavy (non-hydrogen) atoms. The van der Waals surface area contributed by atoms with Crippen LogP contribution in [-0.4, -0.2) is 18.9 Å². The van der Waals surface area contributed by atoms with E-state index in [4.69, 9.17) is 4.74 Å². The monoisotopic (exact) mass is 374 g/mol. The second-order valence-electron chi connectivity index (χ2n) is 6.34. The number of hydrogen-bond donors (Lipinski definition) is 2. The average molecular weight is 374 g/mol. The van der Waals surface area contributed by atoms with Crippen LogP contribution >= 0.6 is 0 Å². The fourth-order valence-electron chi connectivity index (χ4n) is 2.84. The molecule has 3 rings (SSSR count). The molecule has 0 aromatic heterocycles. The van der Waals surface area contributed by atoms with Crippen LogP contribution in [0.1, 0.15) is 39.2 Å². The van der Waals surface area contributed by atoms with Gasteiger partial charge >= 0.3 is 0 Å². The lowest BCUT2D eigenvalue weighted by atomic mass is 10.1. The first-order valence-corrected chi connectivity index (χ1v) is 8.98. The third kappa shape index (κ3) is 4.57. The summed E-state index contributed by atoms with van der Waals surface area (Å²) in [5, 5.41) is 5.79. The first kappa shape index (κ1) is 19.2. The fourth-order valence-corrected chi connectivity index (χ4v) is 2.84. The van der Waals surface area contributed by atoms with Gasteiger partial charge in [-0.2, -0.15) is 0 Å². The van der Waals surface area contributed by atoms with Gasteiger partial charge in [0.1, 0.15) is 5.75 Å². The molecule has 0 spiro atoms. The Morgan fingerprint density at radius 2 is 1.46 bits per heavy atom. The first-order valence-electron chi connectivity index (χ1n) is 8.98. The van der Waals surface area contributed by atoms with E-state index in [-0.39, 0.29) is 17.9 Å². The molecule has 5 nitrogen and oxygen atoms in total. The summed E-state index contributed by atoms with van der Waals surface area (Å²) in [6.07, 6.45) is 0. The van der Waals surface area contributed by atoms with Gasteiger partial charge in [0.2, 0.25) is 0 Å². The molecular weight excluding hydrogens is 352 g/mol. The average Bonchev–Trinajstić information content (AvgIpc) is 2.74. The Labute approximate surface area is 164 Å². The number of carbonyl (C=O) groups is 2. The van der Waals surface area contributed by atoms with Crippen molar-refractivity contribution in [3.05, 3.63) is 95.6 Å².